The molecule has 0 radical (unpaired) electrons. The zero-order valence-electron chi connectivity index (χ0n) is 6.20. The van der Waals surface area contributed by atoms with Gasteiger partial charge in [0.2, 0.25) is 0 Å². The first-order valence-electron chi connectivity index (χ1n) is 3.17. The molecule has 0 fully saturated rings. The maximum atomic E-state index is 13.0. The minimum Gasteiger partial charge on any atom is -0.298 e. The molecule has 1 nitrogen and oxygen atoms in total. The van der Waals surface area contributed by atoms with Gasteiger partial charge in [-0.25, -0.2) is 4.39 Å². The zero-order chi connectivity index (χ0) is 9.30. The molecule has 1 aromatic carbocycles. The molecule has 1 aromatic rings. The summed E-state index contributed by atoms with van der Waals surface area (Å²) in [7, 11) is 0. The molecular formula is C8H5BrClFO. The fourth-order valence-electron chi connectivity index (χ4n) is 0.835. The smallest absolute Gasteiger partial charge is 0.154 e. The Hall–Kier alpha value is -0.410. The first kappa shape index (κ1) is 9.68. The van der Waals surface area contributed by atoms with Crippen LogP contribution in [0.25, 0.3) is 0 Å². The van der Waals surface area contributed by atoms with Gasteiger partial charge >= 0.3 is 0 Å². The number of halogens is 3. The number of benzene rings is 1. The molecule has 0 atom stereocenters. The second-order valence-corrected chi connectivity index (χ2v) is 3.51. The van der Waals surface area contributed by atoms with Gasteiger partial charge in [-0.15, -0.1) is 0 Å². The highest BCUT2D eigenvalue weighted by Gasteiger charge is 2.11. The molecule has 0 spiro atoms. The van der Waals surface area contributed by atoms with Crippen LogP contribution in [0.3, 0.4) is 0 Å². The summed E-state index contributed by atoms with van der Waals surface area (Å²) < 4.78 is 13.5. The van der Waals surface area contributed by atoms with Crippen LogP contribution in [-0.4, -0.2) is 6.29 Å². The van der Waals surface area contributed by atoms with Gasteiger partial charge in [0, 0.05) is 4.47 Å². The summed E-state index contributed by atoms with van der Waals surface area (Å²) in [6.45, 7) is 1.70. The summed E-state index contributed by atoms with van der Waals surface area (Å²) in [5, 5.41) is 0.127. The number of hydrogen-bond acceptors (Lipinski definition) is 1. The molecule has 64 valence electrons. The average Bonchev–Trinajstić information content (AvgIpc) is 2.01. The second-order valence-electron chi connectivity index (χ2n) is 2.33. The molecule has 0 saturated carbocycles. The lowest BCUT2D eigenvalue weighted by Gasteiger charge is -2.04. The van der Waals surface area contributed by atoms with Crippen LogP contribution in [-0.2, 0) is 0 Å². The van der Waals surface area contributed by atoms with Crippen molar-refractivity contribution >= 4 is 33.8 Å². The summed E-state index contributed by atoms with van der Waals surface area (Å²) in [5.74, 6) is -0.587. The van der Waals surface area contributed by atoms with E-state index in [1.165, 1.54) is 6.07 Å². The number of carbonyl (C=O) groups excluding carboxylic acids is 1. The van der Waals surface area contributed by atoms with Crippen LogP contribution in [0.4, 0.5) is 4.39 Å². The van der Waals surface area contributed by atoms with Crippen molar-refractivity contribution in [3.63, 3.8) is 0 Å². The van der Waals surface area contributed by atoms with Crippen molar-refractivity contribution in [2.24, 2.45) is 0 Å². The van der Waals surface area contributed by atoms with E-state index in [1.54, 1.807) is 6.92 Å². The van der Waals surface area contributed by atoms with Crippen molar-refractivity contribution in [2.45, 2.75) is 6.92 Å². The Morgan fingerprint density at radius 3 is 2.75 bits per heavy atom. The Balaban J connectivity index is 3.51. The van der Waals surface area contributed by atoms with Gasteiger partial charge < -0.3 is 0 Å². The molecule has 4 heteroatoms. The Morgan fingerprint density at radius 1 is 1.67 bits per heavy atom. The van der Waals surface area contributed by atoms with Gasteiger partial charge in [0.25, 0.3) is 0 Å². The molecule has 0 bridgehead atoms. The average molecular weight is 251 g/mol. The van der Waals surface area contributed by atoms with E-state index in [2.05, 4.69) is 15.9 Å². The number of aldehydes is 1. The van der Waals surface area contributed by atoms with Crippen molar-refractivity contribution in [2.75, 3.05) is 0 Å². The molecule has 0 unspecified atom stereocenters. The maximum Gasteiger partial charge on any atom is 0.154 e. The number of carbonyl (C=O) groups is 1. The Kier molecular flexibility index (Phi) is 2.85. The van der Waals surface area contributed by atoms with E-state index >= 15 is 0 Å². The van der Waals surface area contributed by atoms with Crippen LogP contribution < -0.4 is 0 Å². The van der Waals surface area contributed by atoms with Crippen LogP contribution >= 0.6 is 27.5 Å². The minimum atomic E-state index is -0.587. The second kappa shape index (κ2) is 3.54. The molecule has 0 heterocycles. The molecule has 0 amide bonds. The lowest BCUT2D eigenvalue weighted by Crippen LogP contribution is -1.92. The van der Waals surface area contributed by atoms with Crippen LogP contribution in [0.1, 0.15) is 15.9 Å². The van der Waals surface area contributed by atoms with Gasteiger partial charge in [-0.05, 0) is 34.5 Å². The van der Waals surface area contributed by atoms with Gasteiger partial charge in [0.1, 0.15) is 5.82 Å². The van der Waals surface area contributed by atoms with E-state index < -0.39 is 5.82 Å². The third-order valence-corrected chi connectivity index (χ3v) is 3.14. The largest absolute Gasteiger partial charge is 0.298 e. The normalized spacial score (nSPS) is 10.0. The lowest BCUT2D eigenvalue weighted by atomic mass is 10.1. The third-order valence-electron chi connectivity index (χ3n) is 1.49. The van der Waals surface area contributed by atoms with Crippen molar-refractivity contribution < 1.29 is 9.18 Å². The summed E-state index contributed by atoms with van der Waals surface area (Å²) in [6, 6.07) is 1.26. The molecule has 0 aliphatic rings. The maximum absolute atomic E-state index is 13.0. The minimum absolute atomic E-state index is 0.103. The molecule has 0 aromatic heterocycles. The van der Waals surface area contributed by atoms with Gasteiger partial charge in [0.05, 0.1) is 10.6 Å². The Bertz CT molecular complexity index is 338. The molecule has 0 saturated heterocycles. The molecule has 1 rings (SSSR count). The van der Waals surface area contributed by atoms with E-state index in [0.29, 0.717) is 16.3 Å². The highest BCUT2D eigenvalue weighted by Crippen LogP contribution is 2.30. The Morgan fingerprint density at radius 2 is 2.25 bits per heavy atom. The summed E-state index contributed by atoms with van der Waals surface area (Å²) in [6.07, 6.45) is 0.405. The fraction of sp³-hybridized carbons (Fsp3) is 0.125. The van der Waals surface area contributed by atoms with E-state index in [-0.39, 0.29) is 10.6 Å². The van der Waals surface area contributed by atoms with Crippen LogP contribution in [0.15, 0.2) is 10.5 Å². The summed E-state index contributed by atoms with van der Waals surface area (Å²) >= 11 is 8.83. The Labute approximate surface area is 82.7 Å². The highest BCUT2D eigenvalue weighted by atomic mass is 79.9. The van der Waals surface area contributed by atoms with Crippen molar-refractivity contribution in [3.05, 3.63) is 32.5 Å². The van der Waals surface area contributed by atoms with Crippen molar-refractivity contribution in [3.8, 4) is 0 Å². The standard InChI is InChI=1S/C8H5BrClFO/c1-4-2-6(11)5(3-12)8(10)7(4)9/h2-3H,1H3. The zero-order valence-corrected chi connectivity index (χ0v) is 8.54. The number of hydrogen-bond donors (Lipinski definition) is 0. The van der Waals surface area contributed by atoms with E-state index in [4.69, 9.17) is 11.6 Å². The summed E-state index contributed by atoms with van der Waals surface area (Å²) in [5.41, 5.74) is 0.567. The molecule has 0 aliphatic heterocycles. The van der Waals surface area contributed by atoms with Gasteiger partial charge in [-0.2, -0.15) is 0 Å². The van der Waals surface area contributed by atoms with Crippen molar-refractivity contribution in [1.82, 2.24) is 0 Å². The van der Waals surface area contributed by atoms with Gasteiger partial charge in [0.15, 0.2) is 6.29 Å². The third kappa shape index (κ3) is 1.52. The fourth-order valence-corrected chi connectivity index (χ4v) is 1.45. The first-order valence-corrected chi connectivity index (χ1v) is 4.34. The van der Waals surface area contributed by atoms with Crippen LogP contribution in [0.5, 0.6) is 0 Å². The molecule has 12 heavy (non-hydrogen) atoms. The van der Waals surface area contributed by atoms with Gasteiger partial charge in [-0.3, -0.25) is 4.79 Å². The monoisotopic (exact) mass is 250 g/mol. The first-order chi connectivity index (χ1) is 5.57. The van der Waals surface area contributed by atoms with E-state index in [1.807, 2.05) is 0 Å². The predicted octanol–water partition coefficient (Wildman–Crippen LogP) is 3.36. The van der Waals surface area contributed by atoms with Crippen LogP contribution in [0, 0.1) is 12.7 Å². The topological polar surface area (TPSA) is 17.1 Å². The quantitative estimate of drug-likeness (QED) is 0.552. The van der Waals surface area contributed by atoms with Crippen molar-refractivity contribution in [1.29, 1.82) is 0 Å². The number of aryl methyl sites for hydroxylation is 1. The molecule has 0 aliphatic carbocycles. The number of rotatable bonds is 1. The molecular weight excluding hydrogens is 246 g/mol. The lowest BCUT2D eigenvalue weighted by molar-refractivity contribution is 0.112. The van der Waals surface area contributed by atoms with Gasteiger partial charge in [-0.1, -0.05) is 11.6 Å². The summed E-state index contributed by atoms with van der Waals surface area (Å²) in [4.78, 5) is 10.4. The highest BCUT2D eigenvalue weighted by molar-refractivity contribution is 9.10. The SMILES string of the molecule is Cc1cc(F)c(C=O)c(Cl)c1Br. The molecule has 0 N–H and O–H groups in total. The predicted molar refractivity (Wildman–Crippen MR) is 49.2 cm³/mol. The van der Waals surface area contributed by atoms with E-state index in [9.17, 15) is 9.18 Å². The van der Waals surface area contributed by atoms with E-state index in [0.717, 1.165) is 0 Å². The van der Waals surface area contributed by atoms with Crippen LogP contribution in [0.2, 0.25) is 5.02 Å².